The molecule has 0 aliphatic heterocycles. The van der Waals surface area contributed by atoms with Crippen LogP contribution >= 0.6 is 0 Å². The maximum atomic E-state index is 13.3. The van der Waals surface area contributed by atoms with Gasteiger partial charge >= 0.3 is 0 Å². The number of rotatable bonds is 3. The lowest BCUT2D eigenvalue weighted by molar-refractivity contribution is -0.115. The van der Waals surface area contributed by atoms with Crippen LogP contribution in [0.4, 0.5) is 14.5 Å². The number of amides is 1. The molecule has 98 valence electrons. The highest BCUT2D eigenvalue weighted by Crippen LogP contribution is 2.11. The lowest BCUT2D eigenvalue weighted by atomic mass is 10.1. The molecule has 0 unspecified atom stereocenters. The van der Waals surface area contributed by atoms with Gasteiger partial charge in [0, 0.05) is 24.0 Å². The number of aromatic nitrogens is 1. The third-order valence-corrected chi connectivity index (χ3v) is 2.46. The lowest BCUT2D eigenvalue weighted by Crippen LogP contribution is -2.20. The molecule has 6 heteroatoms. The molecule has 0 aliphatic carbocycles. The van der Waals surface area contributed by atoms with Crippen molar-refractivity contribution in [2.45, 2.75) is 6.42 Å². The first kappa shape index (κ1) is 12.9. The number of halogens is 2. The third-order valence-electron chi connectivity index (χ3n) is 2.46. The Kier molecular flexibility index (Phi) is 3.70. The van der Waals surface area contributed by atoms with Gasteiger partial charge in [0.25, 0.3) is 0 Å². The molecule has 1 heterocycles. The molecule has 0 spiro atoms. The van der Waals surface area contributed by atoms with E-state index in [1.807, 2.05) is 0 Å². The molecule has 0 saturated heterocycles. The summed E-state index contributed by atoms with van der Waals surface area (Å²) in [5.41, 5.74) is -0.374. The number of hydrogen-bond donors (Lipinski definition) is 2. The van der Waals surface area contributed by atoms with Crippen molar-refractivity contribution in [3.63, 3.8) is 0 Å². The molecule has 2 N–H and O–H groups in total. The molecule has 1 aromatic carbocycles. The number of nitrogens with one attached hydrogen (secondary N) is 2. The van der Waals surface area contributed by atoms with Crippen LogP contribution in [0.3, 0.4) is 0 Å². The van der Waals surface area contributed by atoms with Crippen LogP contribution in [0, 0.1) is 11.6 Å². The SMILES string of the molecule is O=C(Cc1cc(F)ccc1F)Nc1c[nH]ccc1=O. The van der Waals surface area contributed by atoms with Gasteiger partial charge in [-0.3, -0.25) is 9.59 Å². The molecule has 0 saturated carbocycles. The summed E-state index contributed by atoms with van der Waals surface area (Å²) in [7, 11) is 0. The number of anilines is 1. The zero-order valence-electron chi connectivity index (χ0n) is 9.74. The summed E-state index contributed by atoms with van der Waals surface area (Å²) in [6.45, 7) is 0. The Morgan fingerprint density at radius 3 is 2.79 bits per heavy atom. The summed E-state index contributed by atoms with van der Waals surface area (Å²) in [4.78, 5) is 25.6. The van der Waals surface area contributed by atoms with Gasteiger partial charge in [-0.2, -0.15) is 0 Å². The summed E-state index contributed by atoms with van der Waals surface area (Å²) in [6.07, 6.45) is 2.39. The third kappa shape index (κ3) is 3.25. The highest BCUT2D eigenvalue weighted by atomic mass is 19.1. The number of aromatic amines is 1. The maximum Gasteiger partial charge on any atom is 0.229 e. The molecular weight excluding hydrogens is 254 g/mol. The maximum absolute atomic E-state index is 13.3. The number of H-pyrrole nitrogens is 1. The Balaban J connectivity index is 2.12. The highest BCUT2D eigenvalue weighted by Gasteiger charge is 2.10. The summed E-state index contributed by atoms with van der Waals surface area (Å²) < 4.78 is 26.3. The second kappa shape index (κ2) is 5.43. The van der Waals surface area contributed by atoms with Gasteiger partial charge in [-0.1, -0.05) is 0 Å². The summed E-state index contributed by atoms with van der Waals surface area (Å²) in [5, 5.41) is 2.33. The average Bonchev–Trinajstić information content (AvgIpc) is 2.37. The fourth-order valence-electron chi connectivity index (χ4n) is 1.56. The van der Waals surface area contributed by atoms with E-state index in [9.17, 15) is 18.4 Å². The molecule has 0 bridgehead atoms. The van der Waals surface area contributed by atoms with Gasteiger partial charge in [-0.15, -0.1) is 0 Å². The van der Waals surface area contributed by atoms with Crippen molar-refractivity contribution in [1.82, 2.24) is 4.98 Å². The van der Waals surface area contributed by atoms with E-state index >= 15 is 0 Å². The monoisotopic (exact) mass is 264 g/mol. The van der Waals surface area contributed by atoms with E-state index < -0.39 is 17.5 Å². The molecule has 0 atom stereocenters. The van der Waals surface area contributed by atoms with E-state index in [4.69, 9.17) is 0 Å². The Bertz CT molecular complexity index is 668. The van der Waals surface area contributed by atoms with E-state index in [1.54, 1.807) is 0 Å². The molecule has 0 radical (unpaired) electrons. The summed E-state index contributed by atoms with van der Waals surface area (Å²) in [6, 6.07) is 4.12. The van der Waals surface area contributed by atoms with E-state index in [0.717, 1.165) is 18.2 Å². The molecule has 0 fully saturated rings. The normalized spacial score (nSPS) is 10.2. The van der Waals surface area contributed by atoms with Crippen molar-refractivity contribution in [2.24, 2.45) is 0 Å². The number of hydrogen-bond acceptors (Lipinski definition) is 2. The van der Waals surface area contributed by atoms with Gasteiger partial charge in [0.05, 0.1) is 6.42 Å². The minimum atomic E-state index is -0.668. The van der Waals surface area contributed by atoms with Gasteiger partial charge in [0.15, 0.2) is 0 Å². The average molecular weight is 264 g/mol. The molecule has 4 nitrogen and oxygen atoms in total. The first-order valence-electron chi connectivity index (χ1n) is 5.47. The topological polar surface area (TPSA) is 62.0 Å². The smallest absolute Gasteiger partial charge is 0.229 e. The molecule has 1 aromatic heterocycles. The largest absolute Gasteiger partial charge is 0.366 e. The van der Waals surface area contributed by atoms with Crippen molar-refractivity contribution in [2.75, 3.05) is 5.32 Å². The van der Waals surface area contributed by atoms with E-state index in [0.29, 0.717) is 0 Å². The quantitative estimate of drug-likeness (QED) is 0.888. The number of carbonyl (C=O) groups excluding carboxylic acids is 1. The van der Waals surface area contributed by atoms with Crippen molar-refractivity contribution >= 4 is 11.6 Å². The van der Waals surface area contributed by atoms with E-state index in [-0.39, 0.29) is 23.1 Å². The number of pyridine rings is 1. The van der Waals surface area contributed by atoms with Crippen LogP contribution in [0.1, 0.15) is 5.56 Å². The fourth-order valence-corrected chi connectivity index (χ4v) is 1.56. The summed E-state index contributed by atoms with van der Waals surface area (Å²) in [5.74, 6) is -1.89. The first-order valence-corrected chi connectivity index (χ1v) is 5.47. The van der Waals surface area contributed by atoms with Crippen molar-refractivity contribution < 1.29 is 13.6 Å². The zero-order chi connectivity index (χ0) is 13.8. The molecule has 2 aromatic rings. The van der Waals surface area contributed by atoms with Crippen molar-refractivity contribution in [3.8, 4) is 0 Å². The molecular formula is C13H10F2N2O2. The Labute approximate surface area is 107 Å². The molecule has 2 rings (SSSR count). The minimum Gasteiger partial charge on any atom is -0.366 e. The van der Waals surface area contributed by atoms with Gasteiger partial charge in [-0.25, -0.2) is 8.78 Å². The van der Waals surface area contributed by atoms with Crippen LogP contribution in [0.15, 0.2) is 41.5 Å². The van der Waals surface area contributed by atoms with Crippen molar-refractivity contribution in [1.29, 1.82) is 0 Å². The molecule has 1 amide bonds. The Hall–Kier alpha value is -2.50. The van der Waals surface area contributed by atoms with Crippen LogP contribution in [-0.4, -0.2) is 10.9 Å². The van der Waals surface area contributed by atoms with E-state index in [1.165, 1.54) is 18.5 Å². The van der Waals surface area contributed by atoms with Gasteiger partial charge in [0.2, 0.25) is 11.3 Å². The Morgan fingerprint density at radius 1 is 1.26 bits per heavy atom. The van der Waals surface area contributed by atoms with Gasteiger partial charge in [-0.05, 0) is 18.2 Å². The minimum absolute atomic E-state index is 0.0595. The summed E-state index contributed by atoms with van der Waals surface area (Å²) >= 11 is 0. The number of carbonyl (C=O) groups is 1. The van der Waals surface area contributed by atoms with Crippen molar-refractivity contribution in [3.05, 3.63) is 64.1 Å². The zero-order valence-corrected chi connectivity index (χ0v) is 9.74. The Morgan fingerprint density at radius 2 is 2.05 bits per heavy atom. The second-order valence-electron chi connectivity index (χ2n) is 3.88. The van der Waals surface area contributed by atoms with Crippen LogP contribution < -0.4 is 10.7 Å². The second-order valence-corrected chi connectivity index (χ2v) is 3.88. The van der Waals surface area contributed by atoms with Gasteiger partial charge in [0.1, 0.15) is 17.3 Å². The molecule has 0 aliphatic rings. The van der Waals surface area contributed by atoms with Crippen LogP contribution in [0.5, 0.6) is 0 Å². The standard InChI is InChI=1S/C13H10F2N2O2/c14-9-1-2-10(15)8(5-9)6-13(19)17-11-7-16-4-3-12(11)18/h1-5,7H,6H2,(H,16,18)(H,17,19). The fraction of sp³-hybridized carbons (Fsp3) is 0.0769. The van der Waals surface area contributed by atoms with E-state index in [2.05, 4.69) is 10.3 Å². The van der Waals surface area contributed by atoms with Gasteiger partial charge < -0.3 is 10.3 Å². The first-order chi connectivity index (χ1) is 9.06. The highest BCUT2D eigenvalue weighted by molar-refractivity contribution is 5.92. The predicted molar refractivity (Wildman–Crippen MR) is 65.8 cm³/mol. The van der Waals surface area contributed by atoms with Crippen LogP contribution in [0.2, 0.25) is 0 Å². The van der Waals surface area contributed by atoms with Crippen LogP contribution in [0.25, 0.3) is 0 Å². The number of benzene rings is 1. The van der Waals surface area contributed by atoms with Crippen LogP contribution in [-0.2, 0) is 11.2 Å². The lowest BCUT2D eigenvalue weighted by Gasteiger charge is -2.05. The predicted octanol–water partition coefficient (Wildman–Crippen LogP) is 1.83. The molecule has 19 heavy (non-hydrogen) atoms.